The van der Waals surface area contributed by atoms with Gasteiger partial charge in [-0.2, -0.15) is 0 Å². The number of aromatic nitrogens is 1. The first-order valence-electron chi connectivity index (χ1n) is 10.3. The zero-order valence-corrected chi connectivity index (χ0v) is 19.2. The van der Waals surface area contributed by atoms with Crippen molar-refractivity contribution in [2.75, 3.05) is 18.4 Å². The molecule has 1 aromatic carbocycles. The zero-order valence-electron chi connectivity index (χ0n) is 17.6. The third kappa shape index (κ3) is 4.32. The lowest BCUT2D eigenvalue weighted by Gasteiger charge is -2.43. The molecule has 0 aliphatic carbocycles. The van der Waals surface area contributed by atoms with Gasteiger partial charge in [-0.05, 0) is 56.4 Å². The molecule has 0 saturated carbocycles. The van der Waals surface area contributed by atoms with Gasteiger partial charge < -0.3 is 14.8 Å². The summed E-state index contributed by atoms with van der Waals surface area (Å²) in [5.41, 5.74) is 4.21. The van der Waals surface area contributed by atoms with Crippen molar-refractivity contribution in [2.45, 2.75) is 44.9 Å². The van der Waals surface area contributed by atoms with E-state index in [9.17, 15) is 9.59 Å². The van der Waals surface area contributed by atoms with Crippen LogP contribution in [0.1, 0.15) is 36.1 Å². The predicted molar refractivity (Wildman–Crippen MR) is 127 cm³/mol. The van der Waals surface area contributed by atoms with Crippen molar-refractivity contribution in [3.63, 3.8) is 0 Å². The molecule has 2 aliphatic rings. The summed E-state index contributed by atoms with van der Waals surface area (Å²) in [6.07, 6.45) is 1.09. The molecule has 2 aromatic rings. The number of nitrogens with one attached hydrogen (secondary N) is 1. The van der Waals surface area contributed by atoms with Gasteiger partial charge in [-0.25, -0.2) is 0 Å². The summed E-state index contributed by atoms with van der Waals surface area (Å²) in [6, 6.07) is 11.6. The number of aryl methyl sites for hydroxylation is 2. The van der Waals surface area contributed by atoms with Crippen LogP contribution in [0.15, 0.2) is 41.2 Å². The second-order valence-corrected chi connectivity index (χ2v) is 10.4. The number of carbonyl (C=O) groups is 1. The predicted octanol–water partition coefficient (Wildman–Crippen LogP) is 3.93. The van der Waals surface area contributed by atoms with Gasteiger partial charge in [0.25, 0.3) is 5.56 Å². The maximum atomic E-state index is 12.7. The minimum Gasteiger partial charge on any atom is -0.356 e. The van der Waals surface area contributed by atoms with Crippen LogP contribution >= 0.6 is 24.0 Å². The minimum atomic E-state index is -0.283. The first-order valence-corrected chi connectivity index (χ1v) is 11.6. The largest absolute Gasteiger partial charge is 0.356 e. The number of hydrogen-bond acceptors (Lipinski definition) is 4. The molecule has 3 atom stereocenters. The Labute approximate surface area is 186 Å². The molecule has 1 fully saturated rings. The van der Waals surface area contributed by atoms with Gasteiger partial charge >= 0.3 is 0 Å². The molecule has 2 bridgehead atoms. The van der Waals surface area contributed by atoms with Gasteiger partial charge in [0.1, 0.15) is 4.32 Å². The zero-order chi connectivity index (χ0) is 21.4. The van der Waals surface area contributed by atoms with Crippen LogP contribution in [-0.4, -0.2) is 38.0 Å². The average Bonchev–Trinajstić information content (AvgIpc) is 2.71. The molecule has 4 rings (SSSR count). The number of benzene rings is 1. The molecular formula is C23H27N3O2S2. The van der Waals surface area contributed by atoms with E-state index in [2.05, 4.69) is 16.3 Å². The van der Waals surface area contributed by atoms with E-state index < -0.39 is 0 Å². The molecule has 0 spiro atoms. The number of piperidine rings is 1. The number of likely N-dealkylation sites (tertiary alicyclic amines) is 1. The number of fused-ring (bicyclic) bond motifs is 4. The number of thioether (sulfide) groups is 1. The normalized spacial score (nSPS) is 21.0. The van der Waals surface area contributed by atoms with E-state index >= 15 is 0 Å². The van der Waals surface area contributed by atoms with Crippen molar-refractivity contribution in [1.82, 2.24) is 9.47 Å². The lowest BCUT2D eigenvalue weighted by Crippen LogP contribution is -2.48. The highest BCUT2D eigenvalue weighted by Gasteiger charge is 2.35. The Morgan fingerprint density at radius 2 is 2.00 bits per heavy atom. The lowest BCUT2D eigenvalue weighted by molar-refractivity contribution is -0.115. The van der Waals surface area contributed by atoms with Crippen molar-refractivity contribution in [3.05, 3.63) is 63.6 Å². The molecule has 0 radical (unpaired) electrons. The second-order valence-electron chi connectivity index (χ2n) is 8.44. The molecule has 7 heteroatoms. The van der Waals surface area contributed by atoms with Crippen LogP contribution in [-0.2, 0) is 11.3 Å². The summed E-state index contributed by atoms with van der Waals surface area (Å²) in [4.78, 5) is 27.2. The Morgan fingerprint density at radius 3 is 2.80 bits per heavy atom. The van der Waals surface area contributed by atoms with E-state index in [0.29, 0.717) is 11.8 Å². The minimum absolute atomic E-state index is 0.0369. The van der Waals surface area contributed by atoms with E-state index in [1.165, 1.54) is 11.8 Å². The number of amides is 1. The molecule has 1 N–H and O–H groups in total. The molecule has 1 saturated heterocycles. The molecule has 1 amide bonds. The van der Waals surface area contributed by atoms with E-state index in [0.717, 1.165) is 52.9 Å². The number of pyridine rings is 1. The van der Waals surface area contributed by atoms with Crippen LogP contribution in [0, 0.1) is 19.8 Å². The summed E-state index contributed by atoms with van der Waals surface area (Å²) >= 11 is 7.17. The first kappa shape index (κ1) is 21.1. The number of nitrogens with zero attached hydrogens (tertiary/aromatic N) is 2. The molecule has 1 aromatic heterocycles. The Hall–Kier alpha value is -2.12. The lowest BCUT2D eigenvalue weighted by atomic mass is 9.83. The van der Waals surface area contributed by atoms with Crippen LogP contribution in [0.2, 0.25) is 0 Å². The fourth-order valence-corrected chi connectivity index (χ4v) is 5.78. The monoisotopic (exact) mass is 441 g/mol. The summed E-state index contributed by atoms with van der Waals surface area (Å²) in [5, 5.41) is 2.76. The molecule has 30 heavy (non-hydrogen) atoms. The van der Waals surface area contributed by atoms with Crippen LogP contribution in [0.25, 0.3) is 0 Å². The van der Waals surface area contributed by atoms with Gasteiger partial charge in [-0.3, -0.25) is 9.59 Å². The number of anilines is 1. The highest BCUT2D eigenvalue weighted by molar-refractivity contribution is 8.23. The number of rotatable bonds is 3. The topological polar surface area (TPSA) is 54.3 Å². The van der Waals surface area contributed by atoms with Gasteiger partial charge in [0.05, 0.1) is 5.25 Å². The maximum absolute atomic E-state index is 12.7. The smallest absolute Gasteiger partial charge is 0.250 e. The molecule has 3 heterocycles. The fourth-order valence-electron chi connectivity index (χ4n) is 4.43. The van der Waals surface area contributed by atoms with Crippen molar-refractivity contribution >= 4 is 39.9 Å². The molecule has 2 aliphatic heterocycles. The van der Waals surface area contributed by atoms with Crippen LogP contribution in [0.5, 0.6) is 0 Å². The highest BCUT2D eigenvalue weighted by atomic mass is 32.2. The number of hydrogen-bond donors (Lipinski definition) is 1. The molecule has 158 valence electrons. The molecule has 0 unspecified atom stereocenters. The molecule has 5 nitrogen and oxygen atoms in total. The fraction of sp³-hybridized carbons (Fsp3) is 0.435. The van der Waals surface area contributed by atoms with Gasteiger partial charge in [-0.1, -0.05) is 42.2 Å². The maximum Gasteiger partial charge on any atom is 0.250 e. The SMILES string of the molecule is Cc1ccc(C)c(NC(=O)[C@H](C)SC(=S)N2C[C@@H]3C[C@@H](C2)c2cccc(=O)n2C3)c1. The third-order valence-corrected chi connectivity index (χ3v) is 7.61. The summed E-state index contributed by atoms with van der Waals surface area (Å²) < 4.78 is 2.69. The number of thiocarbonyl (C=S) groups is 1. The van der Waals surface area contributed by atoms with E-state index in [-0.39, 0.29) is 16.7 Å². The Morgan fingerprint density at radius 1 is 1.20 bits per heavy atom. The van der Waals surface area contributed by atoms with Crippen molar-refractivity contribution in [3.8, 4) is 0 Å². The summed E-state index contributed by atoms with van der Waals surface area (Å²) in [6.45, 7) is 8.30. The van der Waals surface area contributed by atoms with E-state index in [1.807, 2.05) is 49.6 Å². The van der Waals surface area contributed by atoms with Gasteiger partial charge in [0.2, 0.25) is 5.91 Å². The Kier molecular flexibility index (Phi) is 6.02. The summed E-state index contributed by atoms with van der Waals surface area (Å²) in [7, 11) is 0. The van der Waals surface area contributed by atoms with Crippen molar-refractivity contribution < 1.29 is 4.79 Å². The molecular weight excluding hydrogens is 414 g/mol. The standard InChI is InChI=1S/C23H27N3O2S2/c1-14-7-8-15(2)19(9-14)24-22(28)16(3)30-23(29)25-11-17-10-18(13-25)20-5-4-6-21(27)26(20)12-17/h4-9,16-18H,10-13H2,1-3H3,(H,24,28)/t16-,17-,18-/m0/s1. The highest BCUT2D eigenvalue weighted by Crippen LogP contribution is 2.36. The van der Waals surface area contributed by atoms with Crippen molar-refractivity contribution in [2.24, 2.45) is 5.92 Å². The van der Waals surface area contributed by atoms with Crippen LogP contribution < -0.4 is 10.9 Å². The van der Waals surface area contributed by atoms with Gasteiger partial charge in [0, 0.05) is 43.0 Å². The quantitative estimate of drug-likeness (QED) is 0.732. The van der Waals surface area contributed by atoms with Crippen molar-refractivity contribution in [1.29, 1.82) is 0 Å². The van der Waals surface area contributed by atoms with Gasteiger partial charge in [0.15, 0.2) is 0 Å². The Bertz CT molecular complexity index is 1050. The first-order chi connectivity index (χ1) is 14.3. The van der Waals surface area contributed by atoms with Crippen LogP contribution in [0.4, 0.5) is 5.69 Å². The third-order valence-electron chi connectivity index (χ3n) is 6.04. The average molecular weight is 442 g/mol. The second kappa shape index (κ2) is 8.55. The van der Waals surface area contributed by atoms with Gasteiger partial charge in [-0.15, -0.1) is 0 Å². The Balaban J connectivity index is 1.40. The number of carbonyl (C=O) groups excluding carboxylic acids is 1. The summed E-state index contributed by atoms with van der Waals surface area (Å²) in [5.74, 6) is 0.683. The van der Waals surface area contributed by atoms with E-state index in [1.54, 1.807) is 6.07 Å². The van der Waals surface area contributed by atoms with E-state index in [4.69, 9.17) is 12.2 Å². The van der Waals surface area contributed by atoms with Crippen LogP contribution in [0.3, 0.4) is 0 Å².